The van der Waals surface area contributed by atoms with Crippen LogP contribution in [-0.4, -0.2) is 42.6 Å². The third kappa shape index (κ3) is 2.06. The normalized spacial score (nSPS) is 20.8. The summed E-state index contributed by atoms with van der Waals surface area (Å²) in [7, 11) is 0. The third-order valence-electron chi connectivity index (χ3n) is 3.94. The first-order valence-electron chi connectivity index (χ1n) is 7.14. The molecule has 24 heavy (non-hydrogen) atoms. The summed E-state index contributed by atoms with van der Waals surface area (Å²) < 4.78 is 7.08. The lowest BCUT2D eigenvalue weighted by Crippen LogP contribution is -2.22. The lowest BCUT2D eigenvalue weighted by Gasteiger charge is -2.17. The summed E-state index contributed by atoms with van der Waals surface area (Å²) in [4.78, 5) is 9.25. The highest BCUT2D eigenvalue weighted by Gasteiger charge is 2.38. The highest BCUT2D eigenvalue weighted by atomic mass is 32.1. The molecule has 8 nitrogen and oxygen atoms in total. The summed E-state index contributed by atoms with van der Waals surface area (Å²) in [6.07, 6.45) is 0.824. The number of aliphatic hydroxyl groups excluding tert-OH is 3. The molecule has 2 atom stereocenters. The van der Waals surface area contributed by atoms with Crippen molar-refractivity contribution in [3.8, 4) is 10.4 Å². The zero-order valence-corrected chi connectivity index (χ0v) is 13.1. The molecular formula is C15H14N4O4S. The predicted octanol–water partition coefficient (Wildman–Crippen LogP) is 1.39. The highest BCUT2D eigenvalue weighted by molar-refractivity contribution is 7.13. The number of nitrogens with zero attached hydrogens (tertiary/aromatic N) is 3. The maximum absolute atomic E-state index is 10.2. The van der Waals surface area contributed by atoms with Crippen molar-refractivity contribution in [1.29, 1.82) is 0 Å². The van der Waals surface area contributed by atoms with Gasteiger partial charge in [-0.2, -0.15) is 0 Å². The van der Waals surface area contributed by atoms with Gasteiger partial charge in [0.25, 0.3) is 0 Å². The predicted molar refractivity (Wildman–Crippen MR) is 88.1 cm³/mol. The summed E-state index contributed by atoms with van der Waals surface area (Å²) in [5, 5.41) is 31.9. The Bertz CT molecular complexity index is 935. The number of thiophene rings is 1. The summed E-state index contributed by atoms with van der Waals surface area (Å²) in [6.45, 7) is -0.506. The summed E-state index contributed by atoms with van der Waals surface area (Å²) in [5.41, 5.74) is 7.31. The number of aliphatic hydroxyl groups is 3. The zero-order valence-electron chi connectivity index (χ0n) is 12.3. The molecule has 0 aliphatic carbocycles. The molecule has 1 unspecified atom stereocenters. The minimum atomic E-state index is -1.31. The number of nitrogen functional groups attached to an aromatic ring is 1. The molecule has 4 heterocycles. The Morgan fingerprint density at radius 1 is 1.38 bits per heavy atom. The molecule has 0 aromatic carbocycles. The van der Waals surface area contributed by atoms with E-state index in [4.69, 9.17) is 10.5 Å². The van der Waals surface area contributed by atoms with Crippen molar-refractivity contribution in [3.05, 3.63) is 41.6 Å². The lowest BCUT2D eigenvalue weighted by molar-refractivity contribution is -0.0116. The number of hydrogen-bond acceptors (Lipinski definition) is 8. The van der Waals surface area contributed by atoms with Crippen molar-refractivity contribution < 1.29 is 20.1 Å². The van der Waals surface area contributed by atoms with Crippen LogP contribution < -0.4 is 5.73 Å². The summed E-state index contributed by atoms with van der Waals surface area (Å²) in [6, 6.07) is 3.86. The van der Waals surface area contributed by atoms with Gasteiger partial charge in [0.1, 0.15) is 24.4 Å². The minimum Gasteiger partial charge on any atom is -0.506 e. The summed E-state index contributed by atoms with van der Waals surface area (Å²) >= 11 is 1.53. The molecule has 3 aromatic heterocycles. The number of ether oxygens (including phenoxy) is 1. The van der Waals surface area contributed by atoms with Gasteiger partial charge in [-0.25, -0.2) is 9.97 Å². The van der Waals surface area contributed by atoms with Crippen molar-refractivity contribution in [2.75, 3.05) is 12.3 Å². The Morgan fingerprint density at radius 3 is 2.88 bits per heavy atom. The van der Waals surface area contributed by atoms with Crippen LogP contribution in [0.5, 0.6) is 0 Å². The second kappa shape index (κ2) is 5.48. The smallest absolute Gasteiger partial charge is 0.210 e. The van der Waals surface area contributed by atoms with Crippen LogP contribution in [0.15, 0.2) is 41.6 Å². The maximum Gasteiger partial charge on any atom is 0.210 e. The Hall–Kier alpha value is -2.62. The van der Waals surface area contributed by atoms with Gasteiger partial charge in [0.15, 0.2) is 17.6 Å². The molecule has 0 saturated heterocycles. The van der Waals surface area contributed by atoms with E-state index in [1.54, 1.807) is 10.8 Å². The monoisotopic (exact) mass is 346 g/mol. The van der Waals surface area contributed by atoms with Crippen LogP contribution in [-0.2, 0) is 4.74 Å². The number of nitrogens with two attached hydrogens (primary N) is 1. The zero-order chi connectivity index (χ0) is 16.8. The third-order valence-corrected chi connectivity index (χ3v) is 4.85. The second-order valence-corrected chi connectivity index (χ2v) is 6.25. The van der Waals surface area contributed by atoms with E-state index < -0.39 is 18.9 Å². The Balaban J connectivity index is 1.91. The van der Waals surface area contributed by atoms with E-state index in [0.29, 0.717) is 16.9 Å². The molecule has 0 bridgehead atoms. The molecule has 1 aliphatic rings. The standard InChI is InChI=1S/C15H14N4O4S/c16-13-10-7(9-2-1-3-24-9)4-19(14(10)18-6-17-13)15-12(22)11(21)8(5-20)23-15/h1-4,6,12,15,20-22H,5H2,(H2,16,17,18)/t12?,15-/m1/s1. The Kier molecular flexibility index (Phi) is 3.41. The lowest BCUT2D eigenvalue weighted by atomic mass is 10.2. The van der Waals surface area contributed by atoms with Crippen molar-refractivity contribution in [3.63, 3.8) is 0 Å². The quantitative estimate of drug-likeness (QED) is 0.564. The van der Waals surface area contributed by atoms with Crippen LogP contribution in [0, 0.1) is 0 Å². The van der Waals surface area contributed by atoms with Gasteiger partial charge in [0.05, 0.1) is 5.39 Å². The maximum atomic E-state index is 10.2. The van der Waals surface area contributed by atoms with Gasteiger partial charge in [-0.15, -0.1) is 11.3 Å². The highest BCUT2D eigenvalue weighted by Crippen LogP contribution is 2.39. The van der Waals surface area contributed by atoms with Crippen LogP contribution in [0.3, 0.4) is 0 Å². The molecule has 5 N–H and O–H groups in total. The number of rotatable bonds is 3. The molecule has 0 saturated carbocycles. The minimum absolute atomic E-state index is 0.0611. The van der Waals surface area contributed by atoms with E-state index in [2.05, 4.69) is 9.97 Å². The first-order valence-corrected chi connectivity index (χ1v) is 8.02. The first-order chi connectivity index (χ1) is 11.6. The molecule has 124 valence electrons. The Morgan fingerprint density at radius 2 is 2.21 bits per heavy atom. The molecule has 4 rings (SSSR count). The molecule has 1 aliphatic heterocycles. The van der Waals surface area contributed by atoms with E-state index in [-0.39, 0.29) is 11.5 Å². The van der Waals surface area contributed by atoms with Gasteiger partial charge in [-0.3, -0.25) is 4.57 Å². The molecule has 0 radical (unpaired) electrons. The van der Waals surface area contributed by atoms with Crippen LogP contribution in [0.25, 0.3) is 21.5 Å². The second-order valence-electron chi connectivity index (χ2n) is 5.30. The topological polar surface area (TPSA) is 127 Å². The van der Waals surface area contributed by atoms with E-state index >= 15 is 0 Å². The van der Waals surface area contributed by atoms with Gasteiger partial charge in [0.2, 0.25) is 6.23 Å². The van der Waals surface area contributed by atoms with Crippen molar-refractivity contribution in [1.82, 2.24) is 14.5 Å². The van der Waals surface area contributed by atoms with Gasteiger partial charge >= 0.3 is 0 Å². The SMILES string of the molecule is Nc1ncnc2c1c(-c1cccs1)cn2[C@@H]1OC(CO)=C(O)C1O. The summed E-state index contributed by atoms with van der Waals surface area (Å²) in [5.74, 6) is -0.132. The number of anilines is 1. The fourth-order valence-corrected chi connectivity index (χ4v) is 3.56. The fourth-order valence-electron chi connectivity index (χ4n) is 2.82. The average Bonchev–Trinajstić information content (AvgIpc) is 3.28. The van der Waals surface area contributed by atoms with E-state index in [1.807, 2.05) is 17.5 Å². The van der Waals surface area contributed by atoms with Crippen molar-refractivity contribution in [2.45, 2.75) is 12.3 Å². The molecule has 9 heteroatoms. The van der Waals surface area contributed by atoms with Gasteiger partial charge < -0.3 is 25.8 Å². The van der Waals surface area contributed by atoms with E-state index in [9.17, 15) is 15.3 Å². The van der Waals surface area contributed by atoms with Crippen LogP contribution in [0.4, 0.5) is 5.82 Å². The van der Waals surface area contributed by atoms with Crippen LogP contribution in [0.1, 0.15) is 6.23 Å². The number of hydrogen-bond donors (Lipinski definition) is 4. The van der Waals surface area contributed by atoms with E-state index in [1.165, 1.54) is 17.7 Å². The molecule has 0 spiro atoms. The molecule has 3 aromatic rings. The number of aromatic nitrogens is 3. The molecule has 0 fully saturated rings. The first kappa shape index (κ1) is 14.9. The van der Waals surface area contributed by atoms with Crippen LogP contribution in [0.2, 0.25) is 0 Å². The van der Waals surface area contributed by atoms with Crippen molar-refractivity contribution >= 4 is 28.2 Å². The van der Waals surface area contributed by atoms with Gasteiger partial charge in [0, 0.05) is 16.6 Å². The van der Waals surface area contributed by atoms with Crippen molar-refractivity contribution in [2.24, 2.45) is 0 Å². The average molecular weight is 346 g/mol. The fraction of sp³-hybridized carbons (Fsp3) is 0.200. The Labute approximate surface area is 140 Å². The number of fused-ring (bicyclic) bond motifs is 1. The van der Waals surface area contributed by atoms with Crippen LogP contribution >= 0.6 is 11.3 Å². The van der Waals surface area contributed by atoms with Gasteiger partial charge in [-0.1, -0.05) is 6.07 Å². The molecule has 0 amide bonds. The largest absolute Gasteiger partial charge is 0.506 e. The molecular weight excluding hydrogens is 332 g/mol. The van der Waals surface area contributed by atoms with Gasteiger partial charge in [-0.05, 0) is 11.4 Å². The van der Waals surface area contributed by atoms with E-state index in [0.717, 1.165) is 10.4 Å².